The van der Waals surface area contributed by atoms with Gasteiger partial charge in [0.15, 0.2) is 11.3 Å². The van der Waals surface area contributed by atoms with E-state index in [0.717, 1.165) is 22.3 Å². The summed E-state index contributed by atoms with van der Waals surface area (Å²) < 4.78 is 6.08. The molecule has 0 spiro atoms. The zero-order valence-electron chi connectivity index (χ0n) is 16.6. The predicted octanol–water partition coefficient (Wildman–Crippen LogP) is 3.89. The van der Waals surface area contributed by atoms with Crippen LogP contribution < -0.4 is 0 Å². The van der Waals surface area contributed by atoms with Crippen molar-refractivity contribution in [1.82, 2.24) is 0 Å². The zero-order chi connectivity index (χ0) is 19.2. The SMILES string of the molecule is CO/N=C(\C1=NOC(C)(C)C(C)(C)O1)c1c(C)c(C)c(C)c(C)c1O. The summed E-state index contributed by atoms with van der Waals surface area (Å²) in [5, 5.41) is 19.0. The minimum absolute atomic E-state index is 0.144. The molecule has 0 unspecified atom stereocenters. The second kappa shape index (κ2) is 6.24. The fourth-order valence-corrected chi connectivity index (χ4v) is 2.61. The van der Waals surface area contributed by atoms with Crippen molar-refractivity contribution in [3.63, 3.8) is 0 Å². The number of ether oxygens (including phenoxy) is 1. The van der Waals surface area contributed by atoms with E-state index in [2.05, 4.69) is 10.3 Å². The fourth-order valence-electron chi connectivity index (χ4n) is 2.61. The first-order valence-electron chi connectivity index (χ1n) is 8.31. The molecule has 0 aliphatic carbocycles. The molecule has 25 heavy (non-hydrogen) atoms. The maximum absolute atomic E-state index is 10.8. The third kappa shape index (κ3) is 3.05. The predicted molar refractivity (Wildman–Crippen MR) is 98.4 cm³/mol. The van der Waals surface area contributed by atoms with Gasteiger partial charge in [-0.25, -0.2) is 0 Å². The fraction of sp³-hybridized carbons (Fsp3) is 0.579. The van der Waals surface area contributed by atoms with Crippen LogP contribution in [0, 0.1) is 27.7 Å². The molecule has 1 aromatic carbocycles. The van der Waals surface area contributed by atoms with Crippen molar-refractivity contribution in [2.45, 2.75) is 66.6 Å². The lowest BCUT2D eigenvalue weighted by atomic mass is 9.88. The molecule has 1 heterocycles. The van der Waals surface area contributed by atoms with Gasteiger partial charge in [0.05, 0.1) is 5.56 Å². The van der Waals surface area contributed by atoms with Crippen molar-refractivity contribution in [3.8, 4) is 5.75 Å². The second-order valence-electron chi connectivity index (χ2n) is 7.46. The first-order chi connectivity index (χ1) is 11.4. The lowest BCUT2D eigenvalue weighted by molar-refractivity contribution is -0.163. The standard InChI is InChI=1S/C19H28N2O4/c1-10-11(2)13(4)16(22)14(12(10)3)15(20-23-9)17-21-25-19(7,8)18(5,6)24-17/h22H,1-9H3/b20-15-. The van der Waals surface area contributed by atoms with Gasteiger partial charge >= 0.3 is 0 Å². The lowest BCUT2D eigenvalue weighted by Crippen LogP contribution is -2.53. The van der Waals surface area contributed by atoms with Crippen LogP contribution in [0.4, 0.5) is 0 Å². The van der Waals surface area contributed by atoms with E-state index >= 15 is 0 Å². The van der Waals surface area contributed by atoms with Gasteiger partial charge in [-0.2, -0.15) is 0 Å². The zero-order valence-corrected chi connectivity index (χ0v) is 16.6. The van der Waals surface area contributed by atoms with Crippen molar-refractivity contribution >= 4 is 11.6 Å². The van der Waals surface area contributed by atoms with Crippen LogP contribution in [0.25, 0.3) is 0 Å². The van der Waals surface area contributed by atoms with Crippen molar-refractivity contribution in [2.75, 3.05) is 7.11 Å². The Bertz CT molecular complexity index is 732. The van der Waals surface area contributed by atoms with Gasteiger partial charge in [0.2, 0.25) is 0 Å². The molecule has 0 bridgehead atoms. The molecule has 0 amide bonds. The van der Waals surface area contributed by atoms with E-state index in [-0.39, 0.29) is 11.6 Å². The molecule has 1 aromatic rings. The summed E-state index contributed by atoms with van der Waals surface area (Å²) in [5.41, 5.74) is 3.41. The molecule has 138 valence electrons. The number of hydrogen-bond acceptors (Lipinski definition) is 6. The number of aromatic hydroxyl groups is 1. The molecule has 1 aliphatic heterocycles. The number of oxime groups is 2. The van der Waals surface area contributed by atoms with E-state index in [9.17, 15) is 5.11 Å². The highest BCUT2D eigenvalue weighted by Crippen LogP contribution is 2.36. The number of nitrogens with zero attached hydrogens (tertiary/aromatic N) is 2. The number of phenolic OH excluding ortho intramolecular Hbond substituents is 1. The monoisotopic (exact) mass is 348 g/mol. The largest absolute Gasteiger partial charge is 0.507 e. The van der Waals surface area contributed by atoms with Crippen LogP contribution in [-0.2, 0) is 14.4 Å². The summed E-state index contributed by atoms with van der Waals surface area (Å²) in [5.74, 6) is 0.331. The van der Waals surface area contributed by atoms with Gasteiger partial charge < -0.3 is 19.5 Å². The Hall–Kier alpha value is -2.24. The Morgan fingerprint density at radius 3 is 2.04 bits per heavy atom. The summed E-state index contributed by atoms with van der Waals surface area (Å²) in [7, 11) is 1.44. The first-order valence-corrected chi connectivity index (χ1v) is 8.31. The summed E-state index contributed by atoms with van der Waals surface area (Å²) in [4.78, 5) is 10.7. The Morgan fingerprint density at radius 2 is 1.52 bits per heavy atom. The van der Waals surface area contributed by atoms with Gasteiger partial charge in [-0.3, -0.25) is 0 Å². The van der Waals surface area contributed by atoms with Crippen LogP contribution >= 0.6 is 0 Å². The number of benzene rings is 1. The maximum atomic E-state index is 10.8. The van der Waals surface area contributed by atoms with E-state index in [1.54, 1.807) is 0 Å². The van der Waals surface area contributed by atoms with Crippen molar-refractivity contribution in [3.05, 3.63) is 27.8 Å². The Labute approximate surface area is 149 Å². The smallest absolute Gasteiger partial charge is 0.281 e. The van der Waals surface area contributed by atoms with Crippen molar-refractivity contribution in [2.24, 2.45) is 10.3 Å². The van der Waals surface area contributed by atoms with Gasteiger partial charge in [-0.15, -0.1) is 0 Å². The van der Waals surface area contributed by atoms with Crippen LogP contribution in [0.5, 0.6) is 5.75 Å². The second-order valence-corrected chi connectivity index (χ2v) is 7.46. The van der Waals surface area contributed by atoms with Gasteiger partial charge in [0, 0.05) is 0 Å². The highest BCUT2D eigenvalue weighted by Gasteiger charge is 2.47. The van der Waals surface area contributed by atoms with E-state index in [4.69, 9.17) is 14.4 Å². The molecular formula is C19H28N2O4. The number of hydrogen-bond donors (Lipinski definition) is 1. The molecule has 6 heteroatoms. The minimum atomic E-state index is -0.642. The van der Waals surface area contributed by atoms with Gasteiger partial charge in [0.1, 0.15) is 18.5 Å². The van der Waals surface area contributed by atoms with Gasteiger partial charge in [-0.05, 0) is 82.8 Å². The molecule has 1 N–H and O–H groups in total. The quantitative estimate of drug-likeness (QED) is 0.664. The molecule has 1 aliphatic rings. The minimum Gasteiger partial charge on any atom is -0.507 e. The number of rotatable bonds is 3. The van der Waals surface area contributed by atoms with Crippen LogP contribution in [0.15, 0.2) is 10.3 Å². The molecule has 0 fully saturated rings. The lowest BCUT2D eigenvalue weighted by Gasteiger charge is -2.42. The molecular weight excluding hydrogens is 320 g/mol. The van der Waals surface area contributed by atoms with Crippen LogP contribution in [0.3, 0.4) is 0 Å². The third-order valence-corrected chi connectivity index (χ3v) is 5.43. The molecule has 0 saturated carbocycles. The van der Waals surface area contributed by atoms with Gasteiger partial charge in [-0.1, -0.05) is 5.16 Å². The topological polar surface area (TPSA) is 72.6 Å². The normalized spacial score (nSPS) is 18.9. The highest BCUT2D eigenvalue weighted by atomic mass is 16.7. The third-order valence-electron chi connectivity index (χ3n) is 5.43. The van der Waals surface area contributed by atoms with Crippen molar-refractivity contribution in [1.29, 1.82) is 0 Å². The van der Waals surface area contributed by atoms with E-state index in [1.807, 2.05) is 55.4 Å². The molecule has 2 rings (SSSR count). The van der Waals surface area contributed by atoms with Crippen LogP contribution in [0.1, 0.15) is 55.5 Å². The maximum Gasteiger partial charge on any atom is 0.281 e. The van der Waals surface area contributed by atoms with Crippen LogP contribution in [-0.4, -0.2) is 35.0 Å². The summed E-state index contributed by atoms with van der Waals surface area (Å²) in [6.07, 6.45) is 0. The highest BCUT2D eigenvalue weighted by molar-refractivity contribution is 6.46. The van der Waals surface area contributed by atoms with E-state index < -0.39 is 11.2 Å². The van der Waals surface area contributed by atoms with E-state index in [0.29, 0.717) is 11.3 Å². The average Bonchev–Trinajstić information content (AvgIpc) is 2.53. The molecule has 0 atom stereocenters. The van der Waals surface area contributed by atoms with Crippen LogP contribution in [0.2, 0.25) is 0 Å². The molecule has 0 aromatic heterocycles. The first kappa shape index (κ1) is 19.1. The van der Waals surface area contributed by atoms with E-state index in [1.165, 1.54) is 7.11 Å². The summed E-state index contributed by atoms with van der Waals surface area (Å²) in [6.45, 7) is 15.5. The van der Waals surface area contributed by atoms with Gasteiger partial charge in [0.25, 0.3) is 5.90 Å². The average molecular weight is 348 g/mol. The number of phenols is 1. The molecule has 6 nitrogen and oxygen atoms in total. The molecule has 0 saturated heterocycles. The Morgan fingerprint density at radius 1 is 0.960 bits per heavy atom. The molecule has 0 radical (unpaired) electrons. The summed E-state index contributed by atoms with van der Waals surface area (Å²) in [6, 6.07) is 0. The summed E-state index contributed by atoms with van der Waals surface area (Å²) >= 11 is 0. The van der Waals surface area contributed by atoms with Crippen molar-refractivity contribution < 1.29 is 19.5 Å². The Kier molecular flexibility index (Phi) is 4.77. The Balaban J connectivity index is 2.67.